The zero-order valence-electron chi connectivity index (χ0n) is 13.0. The highest BCUT2D eigenvalue weighted by atomic mass is 32.2. The van der Waals surface area contributed by atoms with Gasteiger partial charge < -0.3 is 10.5 Å². The van der Waals surface area contributed by atoms with Gasteiger partial charge in [0, 0.05) is 19.2 Å². The van der Waals surface area contributed by atoms with E-state index in [4.69, 9.17) is 10.5 Å². The van der Waals surface area contributed by atoms with Gasteiger partial charge in [0.2, 0.25) is 15.9 Å². The van der Waals surface area contributed by atoms with E-state index in [-0.39, 0.29) is 29.4 Å². The van der Waals surface area contributed by atoms with Gasteiger partial charge in [-0.2, -0.15) is 4.31 Å². The molecule has 6 nitrogen and oxygen atoms in total. The topological polar surface area (TPSA) is 89.7 Å². The number of primary amides is 1. The summed E-state index contributed by atoms with van der Waals surface area (Å²) in [6.45, 7) is 0.0320. The molecule has 0 bridgehead atoms. The number of halogens is 1. The fourth-order valence-electron chi connectivity index (χ4n) is 1.94. The Hall–Kier alpha value is -2.45. The summed E-state index contributed by atoms with van der Waals surface area (Å²) in [5.41, 5.74) is 5.34. The molecule has 0 atom stereocenters. The number of nitrogens with zero attached hydrogens (tertiary/aromatic N) is 1. The van der Waals surface area contributed by atoms with E-state index in [0.29, 0.717) is 0 Å². The summed E-state index contributed by atoms with van der Waals surface area (Å²) in [4.78, 5) is 11.0. The minimum Gasteiger partial charge on any atom is -0.489 e. The number of rotatable bonds is 7. The number of ether oxygens (including phenoxy) is 1. The Morgan fingerprint density at radius 3 is 2.38 bits per heavy atom. The third-order valence-corrected chi connectivity index (χ3v) is 5.22. The van der Waals surface area contributed by atoms with Crippen LogP contribution in [0, 0.1) is 5.82 Å². The molecule has 0 radical (unpaired) electrons. The van der Waals surface area contributed by atoms with E-state index in [1.54, 1.807) is 6.07 Å². The first-order chi connectivity index (χ1) is 11.3. The molecule has 0 fully saturated rings. The molecule has 2 rings (SSSR count). The molecule has 2 aromatic carbocycles. The first kappa shape index (κ1) is 17.9. The molecule has 0 aliphatic carbocycles. The van der Waals surface area contributed by atoms with Crippen molar-refractivity contribution in [3.05, 3.63) is 59.9 Å². The quantitative estimate of drug-likeness (QED) is 0.820. The highest BCUT2D eigenvalue weighted by Gasteiger charge is 2.21. The summed E-state index contributed by atoms with van der Waals surface area (Å²) >= 11 is 0. The summed E-state index contributed by atoms with van der Waals surface area (Å²) in [6, 6.07) is 11.2. The standard InChI is InChI=1S/C16H17FN2O4S/c1-19(10-11-23-15-5-3-2-4-14(15)17)24(21,22)13-8-6-12(7-9-13)16(18)20/h2-9H,10-11H2,1H3,(H2,18,20). The minimum absolute atomic E-state index is 0.00394. The maximum absolute atomic E-state index is 13.4. The van der Waals surface area contributed by atoms with Gasteiger partial charge in [0.05, 0.1) is 4.90 Å². The maximum Gasteiger partial charge on any atom is 0.248 e. The van der Waals surface area contributed by atoms with Crippen molar-refractivity contribution in [1.82, 2.24) is 4.31 Å². The van der Waals surface area contributed by atoms with Gasteiger partial charge in [0.1, 0.15) is 6.61 Å². The summed E-state index contributed by atoms with van der Waals surface area (Å²) in [5, 5.41) is 0. The Labute approximate surface area is 139 Å². The highest BCUT2D eigenvalue weighted by molar-refractivity contribution is 7.89. The number of carbonyl (C=O) groups excluding carboxylic acids is 1. The third kappa shape index (κ3) is 4.09. The molecule has 0 saturated heterocycles. The van der Waals surface area contributed by atoms with E-state index in [2.05, 4.69) is 0 Å². The Morgan fingerprint density at radius 2 is 1.79 bits per heavy atom. The molecule has 1 amide bonds. The molecule has 0 aromatic heterocycles. The van der Waals surface area contributed by atoms with Crippen molar-refractivity contribution in [2.45, 2.75) is 4.90 Å². The molecule has 0 saturated carbocycles. The van der Waals surface area contributed by atoms with Crippen LogP contribution in [0.15, 0.2) is 53.4 Å². The summed E-state index contributed by atoms with van der Waals surface area (Å²) < 4.78 is 44.6. The van der Waals surface area contributed by atoms with Crippen LogP contribution < -0.4 is 10.5 Å². The van der Waals surface area contributed by atoms with Crippen molar-refractivity contribution in [2.24, 2.45) is 5.73 Å². The minimum atomic E-state index is -3.74. The van der Waals surface area contributed by atoms with E-state index in [1.807, 2.05) is 0 Å². The second-order valence-electron chi connectivity index (χ2n) is 4.99. The van der Waals surface area contributed by atoms with Crippen LogP contribution in [0.25, 0.3) is 0 Å². The van der Waals surface area contributed by atoms with Crippen molar-refractivity contribution in [3.8, 4) is 5.75 Å². The van der Waals surface area contributed by atoms with E-state index < -0.39 is 21.7 Å². The van der Waals surface area contributed by atoms with Gasteiger partial charge in [-0.15, -0.1) is 0 Å². The molecular weight excluding hydrogens is 335 g/mol. The van der Waals surface area contributed by atoms with Crippen LogP contribution in [0.3, 0.4) is 0 Å². The van der Waals surface area contributed by atoms with Gasteiger partial charge in [-0.25, -0.2) is 12.8 Å². The molecular formula is C16H17FN2O4S. The van der Waals surface area contributed by atoms with Crippen LogP contribution in [0.2, 0.25) is 0 Å². The second-order valence-corrected chi connectivity index (χ2v) is 7.04. The van der Waals surface area contributed by atoms with Gasteiger partial charge in [-0.3, -0.25) is 4.79 Å². The van der Waals surface area contributed by atoms with Crippen LogP contribution in [-0.4, -0.2) is 38.8 Å². The highest BCUT2D eigenvalue weighted by Crippen LogP contribution is 2.17. The molecule has 24 heavy (non-hydrogen) atoms. The molecule has 0 unspecified atom stereocenters. The van der Waals surface area contributed by atoms with Crippen molar-refractivity contribution >= 4 is 15.9 Å². The summed E-state index contributed by atoms with van der Waals surface area (Å²) in [5.74, 6) is -1.08. The SMILES string of the molecule is CN(CCOc1ccccc1F)S(=O)(=O)c1ccc(C(N)=O)cc1. The molecule has 0 aliphatic heterocycles. The number of hydrogen-bond acceptors (Lipinski definition) is 4. The number of para-hydroxylation sites is 1. The number of nitrogens with two attached hydrogens (primary N) is 1. The Balaban J connectivity index is 2.01. The largest absolute Gasteiger partial charge is 0.489 e. The molecule has 8 heteroatoms. The molecule has 2 aromatic rings. The number of benzene rings is 2. The maximum atomic E-state index is 13.4. The average molecular weight is 352 g/mol. The third-order valence-electron chi connectivity index (χ3n) is 3.35. The summed E-state index contributed by atoms with van der Waals surface area (Å²) in [6.07, 6.45) is 0. The van der Waals surface area contributed by atoms with Crippen LogP contribution in [0.5, 0.6) is 5.75 Å². The number of amides is 1. The van der Waals surface area contributed by atoms with Gasteiger partial charge in [0.15, 0.2) is 11.6 Å². The van der Waals surface area contributed by atoms with Crippen LogP contribution in [0.4, 0.5) is 4.39 Å². The average Bonchev–Trinajstić information content (AvgIpc) is 2.56. The van der Waals surface area contributed by atoms with Crippen molar-refractivity contribution in [3.63, 3.8) is 0 Å². The molecule has 0 spiro atoms. The second kappa shape index (κ2) is 7.41. The first-order valence-electron chi connectivity index (χ1n) is 7.06. The van der Waals surface area contributed by atoms with E-state index in [9.17, 15) is 17.6 Å². The lowest BCUT2D eigenvalue weighted by molar-refractivity contribution is 0.1000. The van der Waals surface area contributed by atoms with Gasteiger partial charge in [0.25, 0.3) is 0 Å². The first-order valence-corrected chi connectivity index (χ1v) is 8.50. The lowest BCUT2D eigenvalue weighted by Crippen LogP contribution is -2.31. The summed E-state index contributed by atoms with van der Waals surface area (Å²) in [7, 11) is -2.35. The molecule has 0 heterocycles. The van der Waals surface area contributed by atoms with Gasteiger partial charge in [-0.1, -0.05) is 12.1 Å². The Morgan fingerprint density at radius 1 is 1.17 bits per heavy atom. The number of hydrogen-bond donors (Lipinski definition) is 1. The van der Waals surface area contributed by atoms with Crippen LogP contribution in [0.1, 0.15) is 10.4 Å². The Kier molecular flexibility index (Phi) is 5.53. The predicted molar refractivity (Wildman–Crippen MR) is 86.7 cm³/mol. The smallest absolute Gasteiger partial charge is 0.248 e. The van der Waals surface area contributed by atoms with Crippen molar-refractivity contribution in [1.29, 1.82) is 0 Å². The number of likely N-dealkylation sites (N-methyl/N-ethyl adjacent to an activating group) is 1. The van der Waals surface area contributed by atoms with E-state index >= 15 is 0 Å². The lowest BCUT2D eigenvalue weighted by Gasteiger charge is -2.17. The monoisotopic (exact) mass is 352 g/mol. The zero-order valence-corrected chi connectivity index (χ0v) is 13.8. The number of sulfonamides is 1. The molecule has 2 N–H and O–H groups in total. The normalized spacial score (nSPS) is 11.5. The molecule has 0 aliphatic rings. The molecule has 128 valence electrons. The van der Waals surface area contributed by atoms with Crippen molar-refractivity contribution < 1.29 is 22.3 Å². The fourth-order valence-corrected chi connectivity index (χ4v) is 3.09. The van der Waals surface area contributed by atoms with E-state index in [1.165, 1.54) is 49.5 Å². The van der Waals surface area contributed by atoms with Crippen molar-refractivity contribution in [2.75, 3.05) is 20.2 Å². The number of carbonyl (C=O) groups is 1. The fraction of sp³-hybridized carbons (Fsp3) is 0.188. The Bertz CT molecular complexity index is 822. The predicted octanol–water partition coefficient (Wildman–Crippen LogP) is 1.62. The lowest BCUT2D eigenvalue weighted by atomic mass is 10.2. The van der Waals surface area contributed by atoms with Gasteiger partial charge >= 0.3 is 0 Å². The van der Waals surface area contributed by atoms with Crippen LogP contribution in [-0.2, 0) is 10.0 Å². The zero-order chi connectivity index (χ0) is 17.7. The van der Waals surface area contributed by atoms with Crippen LogP contribution >= 0.6 is 0 Å². The van der Waals surface area contributed by atoms with Gasteiger partial charge in [-0.05, 0) is 36.4 Å². The van der Waals surface area contributed by atoms with E-state index in [0.717, 1.165) is 4.31 Å².